The van der Waals surface area contributed by atoms with E-state index in [2.05, 4.69) is 10.6 Å². The van der Waals surface area contributed by atoms with Gasteiger partial charge in [0.25, 0.3) is 0 Å². The molecule has 2 N–H and O–H groups in total. The number of methoxy groups -OCH3 is 1. The summed E-state index contributed by atoms with van der Waals surface area (Å²) in [5.74, 6) is 0.428. The first-order valence-corrected chi connectivity index (χ1v) is 6.39. The van der Waals surface area contributed by atoms with Crippen molar-refractivity contribution in [2.24, 2.45) is 0 Å². The Bertz CT molecular complexity index is 474. The first kappa shape index (κ1) is 13.4. The summed E-state index contributed by atoms with van der Waals surface area (Å²) in [6.45, 7) is 0.692. The molecule has 1 aromatic carbocycles. The zero-order chi connectivity index (χ0) is 13.7. The summed E-state index contributed by atoms with van der Waals surface area (Å²) in [4.78, 5) is 23.5. The monoisotopic (exact) mass is 262 g/mol. The molecule has 5 heteroatoms. The summed E-state index contributed by atoms with van der Waals surface area (Å²) in [6, 6.07) is 6.97. The van der Waals surface area contributed by atoms with Crippen molar-refractivity contribution in [3.8, 4) is 5.75 Å². The molecule has 1 atom stereocenters. The Morgan fingerprint density at radius 2 is 2.26 bits per heavy atom. The molecule has 1 aliphatic rings. The summed E-state index contributed by atoms with van der Waals surface area (Å²) in [7, 11) is 1.57. The normalized spacial score (nSPS) is 18.6. The standard InChI is InChI=1S/C14H18N2O3/c1-19-12-7-3-2-5-10(12)9-13(17)16-11-6-4-8-15-14(11)18/h2-3,5,7,11H,4,6,8-9H2,1H3,(H,15,18)(H,16,17). The van der Waals surface area contributed by atoms with Crippen LogP contribution in [0.2, 0.25) is 0 Å². The molecule has 1 fully saturated rings. The van der Waals surface area contributed by atoms with E-state index in [0.717, 1.165) is 12.0 Å². The van der Waals surface area contributed by atoms with Gasteiger partial charge in [0.1, 0.15) is 11.8 Å². The molecule has 0 bridgehead atoms. The number of benzene rings is 1. The molecule has 1 saturated heterocycles. The van der Waals surface area contributed by atoms with Crippen LogP contribution in [0.5, 0.6) is 5.75 Å². The van der Waals surface area contributed by atoms with E-state index in [1.807, 2.05) is 24.3 Å². The van der Waals surface area contributed by atoms with E-state index in [9.17, 15) is 9.59 Å². The third kappa shape index (κ3) is 3.47. The van der Waals surface area contributed by atoms with Crippen molar-refractivity contribution in [1.82, 2.24) is 10.6 Å². The van der Waals surface area contributed by atoms with Crippen LogP contribution in [-0.2, 0) is 16.0 Å². The molecule has 0 aliphatic carbocycles. The summed E-state index contributed by atoms with van der Waals surface area (Å²) in [5, 5.41) is 5.51. The number of hydrogen-bond acceptors (Lipinski definition) is 3. The fourth-order valence-corrected chi connectivity index (χ4v) is 2.18. The average Bonchev–Trinajstić information content (AvgIpc) is 2.42. The molecule has 1 heterocycles. The Labute approximate surface area is 112 Å². The summed E-state index contributed by atoms with van der Waals surface area (Å²) in [6.07, 6.45) is 1.81. The lowest BCUT2D eigenvalue weighted by Gasteiger charge is -2.22. The number of carbonyl (C=O) groups is 2. The highest BCUT2D eigenvalue weighted by molar-refractivity contribution is 5.89. The Morgan fingerprint density at radius 1 is 1.47 bits per heavy atom. The van der Waals surface area contributed by atoms with Crippen LogP contribution in [0.3, 0.4) is 0 Å². The van der Waals surface area contributed by atoms with Crippen molar-refractivity contribution in [2.45, 2.75) is 25.3 Å². The Balaban J connectivity index is 1.95. The predicted octanol–water partition coefficient (Wildman–Crippen LogP) is 0.632. The van der Waals surface area contributed by atoms with Crippen LogP contribution in [0.15, 0.2) is 24.3 Å². The third-order valence-corrected chi connectivity index (χ3v) is 3.16. The Kier molecular flexibility index (Phi) is 4.39. The second-order valence-corrected chi connectivity index (χ2v) is 4.54. The second-order valence-electron chi connectivity index (χ2n) is 4.54. The first-order chi connectivity index (χ1) is 9.20. The number of piperidine rings is 1. The summed E-state index contributed by atoms with van der Waals surface area (Å²) >= 11 is 0. The Morgan fingerprint density at radius 3 is 3.00 bits per heavy atom. The fraction of sp³-hybridized carbons (Fsp3) is 0.429. The van der Waals surface area contributed by atoms with Gasteiger partial charge in [-0.15, -0.1) is 0 Å². The van der Waals surface area contributed by atoms with Gasteiger partial charge in [0.15, 0.2) is 0 Å². The third-order valence-electron chi connectivity index (χ3n) is 3.16. The van der Waals surface area contributed by atoms with Crippen LogP contribution < -0.4 is 15.4 Å². The van der Waals surface area contributed by atoms with Crippen molar-refractivity contribution < 1.29 is 14.3 Å². The molecule has 2 amide bonds. The number of nitrogens with one attached hydrogen (secondary N) is 2. The van der Waals surface area contributed by atoms with E-state index in [-0.39, 0.29) is 18.2 Å². The zero-order valence-electron chi connectivity index (χ0n) is 10.9. The van der Waals surface area contributed by atoms with Gasteiger partial charge < -0.3 is 15.4 Å². The minimum Gasteiger partial charge on any atom is -0.496 e. The molecule has 0 radical (unpaired) electrons. The van der Waals surface area contributed by atoms with E-state index in [0.29, 0.717) is 18.7 Å². The molecular formula is C14H18N2O3. The van der Waals surface area contributed by atoms with E-state index >= 15 is 0 Å². The molecule has 102 valence electrons. The number of hydrogen-bond donors (Lipinski definition) is 2. The topological polar surface area (TPSA) is 67.4 Å². The zero-order valence-corrected chi connectivity index (χ0v) is 10.9. The fourth-order valence-electron chi connectivity index (χ4n) is 2.18. The Hall–Kier alpha value is -2.04. The molecule has 1 aromatic rings. The highest BCUT2D eigenvalue weighted by Gasteiger charge is 2.23. The quantitative estimate of drug-likeness (QED) is 0.836. The molecule has 19 heavy (non-hydrogen) atoms. The number of amides is 2. The molecule has 2 rings (SSSR count). The van der Waals surface area contributed by atoms with Crippen LogP contribution in [0.4, 0.5) is 0 Å². The number of ether oxygens (including phenoxy) is 1. The predicted molar refractivity (Wildman–Crippen MR) is 70.9 cm³/mol. The van der Waals surface area contributed by atoms with Gasteiger partial charge in [-0.3, -0.25) is 9.59 Å². The maximum atomic E-state index is 11.9. The van der Waals surface area contributed by atoms with Gasteiger partial charge in [-0.1, -0.05) is 18.2 Å². The van der Waals surface area contributed by atoms with E-state index in [1.54, 1.807) is 7.11 Å². The molecule has 1 aliphatic heterocycles. The van der Waals surface area contributed by atoms with Crippen LogP contribution in [-0.4, -0.2) is 31.5 Å². The van der Waals surface area contributed by atoms with Crippen LogP contribution in [0, 0.1) is 0 Å². The van der Waals surface area contributed by atoms with Crippen molar-refractivity contribution in [1.29, 1.82) is 0 Å². The smallest absolute Gasteiger partial charge is 0.242 e. The second kappa shape index (κ2) is 6.22. The van der Waals surface area contributed by atoms with E-state index in [1.165, 1.54) is 0 Å². The number of para-hydroxylation sites is 1. The molecule has 0 aromatic heterocycles. The lowest BCUT2D eigenvalue weighted by molar-refractivity contribution is -0.129. The van der Waals surface area contributed by atoms with Crippen molar-refractivity contribution in [2.75, 3.05) is 13.7 Å². The molecular weight excluding hydrogens is 244 g/mol. The van der Waals surface area contributed by atoms with Gasteiger partial charge in [-0.2, -0.15) is 0 Å². The van der Waals surface area contributed by atoms with Gasteiger partial charge in [0.05, 0.1) is 13.5 Å². The minimum absolute atomic E-state index is 0.0976. The highest BCUT2D eigenvalue weighted by Crippen LogP contribution is 2.17. The molecule has 0 spiro atoms. The maximum Gasteiger partial charge on any atom is 0.242 e. The van der Waals surface area contributed by atoms with E-state index in [4.69, 9.17) is 4.74 Å². The number of rotatable bonds is 4. The highest BCUT2D eigenvalue weighted by atomic mass is 16.5. The SMILES string of the molecule is COc1ccccc1CC(=O)NC1CCCNC1=O. The first-order valence-electron chi connectivity index (χ1n) is 6.39. The van der Waals surface area contributed by atoms with E-state index < -0.39 is 6.04 Å². The van der Waals surface area contributed by atoms with Crippen molar-refractivity contribution in [3.63, 3.8) is 0 Å². The van der Waals surface area contributed by atoms with Crippen LogP contribution >= 0.6 is 0 Å². The lowest BCUT2D eigenvalue weighted by atomic mass is 10.1. The average molecular weight is 262 g/mol. The van der Waals surface area contributed by atoms with Gasteiger partial charge >= 0.3 is 0 Å². The molecule has 0 saturated carbocycles. The lowest BCUT2D eigenvalue weighted by Crippen LogP contribution is -2.50. The van der Waals surface area contributed by atoms with Crippen LogP contribution in [0.1, 0.15) is 18.4 Å². The molecule has 1 unspecified atom stereocenters. The number of carbonyl (C=O) groups excluding carboxylic acids is 2. The van der Waals surface area contributed by atoms with Gasteiger partial charge in [-0.05, 0) is 18.9 Å². The minimum atomic E-state index is -0.407. The van der Waals surface area contributed by atoms with Gasteiger partial charge in [0.2, 0.25) is 11.8 Å². The van der Waals surface area contributed by atoms with Crippen molar-refractivity contribution >= 4 is 11.8 Å². The summed E-state index contributed by atoms with van der Waals surface area (Å²) in [5.41, 5.74) is 0.818. The van der Waals surface area contributed by atoms with Gasteiger partial charge in [-0.25, -0.2) is 0 Å². The van der Waals surface area contributed by atoms with Gasteiger partial charge in [0, 0.05) is 12.1 Å². The van der Waals surface area contributed by atoms with Crippen molar-refractivity contribution in [3.05, 3.63) is 29.8 Å². The largest absolute Gasteiger partial charge is 0.496 e. The maximum absolute atomic E-state index is 11.9. The summed E-state index contributed by atoms with van der Waals surface area (Å²) < 4.78 is 5.20. The van der Waals surface area contributed by atoms with Crippen LogP contribution in [0.25, 0.3) is 0 Å². The molecule has 5 nitrogen and oxygen atoms in total.